The van der Waals surface area contributed by atoms with Crippen LogP contribution >= 0.6 is 0 Å². The topological polar surface area (TPSA) is 106 Å². The second-order valence-electron chi connectivity index (χ2n) is 8.01. The van der Waals surface area contributed by atoms with E-state index in [1.54, 1.807) is 11.0 Å². The third-order valence-electron chi connectivity index (χ3n) is 6.00. The van der Waals surface area contributed by atoms with Gasteiger partial charge in [-0.1, -0.05) is 30.3 Å². The van der Waals surface area contributed by atoms with Crippen LogP contribution in [0.15, 0.2) is 53.7 Å². The molecule has 2 saturated heterocycles. The molecule has 1 amide bonds. The van der Waals surface area contributed by atoms with E-state index in [-0.39, 0.29) is 29.9 Å². The van der Waals surface area contributed by atoms with E-state index in [4.69, 9.17) is 10.5 Å². The molecular weight excluding hydrogens is 416 g/mol. The number of piperidine rings is 1. The average Bonchev–Trinajstić information content (AvgIpc) is 2.84. The second-order valence-corrected chi connectivity index (χ2v) is 9.89. The lowest BCUT2D eigenvalue weighted by Crippen LogP contribution is -2.51. The summed E-state index contributed by atoms with van der Waals surface area (Å²) in [6.07, 6.45) is 2.08. The zero-order valence-corrected chi connectivity index (χ0v) is 18.2. The quantitative estimate of drug-likeness (QED) is 0.743. The molecule has 2 aliphatic heterocycles. The first-order chi connectivity index (χ1) is 15.0. The van der Waals surface area contributed by atoms with E-state index in [0.29, 0.717) is 44.8 Å². The summed E-state index contributed by atoms with van der Waals surface area (Å²) in [5.41, 5.74) is 7.42. The first-order valence-electron chi connectivity index (χ1n) is 10.6. The highest BCUT2D eigenvalue weighted by atomic mass is 32.2. The van der Waals surface area contributed by atoms with Crippen molar-refractivity contribution >= 4 is 15.9 Å². The summed E-state index contributed by atoms with van der Waals surface area (Å²) in [6.45, 7) is 2.80. The van der Waals surface area contributed by atoms with Crippen molar-refractivity contribution in [2.24, 2.45) is 11.7 Å². The number of benzene rings is 1. The summed E-state index contributed by atoms with van der Waals surface area (Å²) in [4.78, 5) is 19.1. The fourth-order valence-electron chi connectivity index (χ4n) is 4.29. The van der Waals surface area contributed by atoms with Crippen LogP contribution < -0.4 is 5.73 Å². The lowest BCUT2D eigenvalue weighted by molar-refractivity contribution is -0.141. The predicted molar refractivity (Wildman–Crippen MR) is 116 cm³/mol. The van der Waals surface area contributed by atoms with Gasteiger partial charge in [0, 0.05) is 38.9 Å². The number of hydrogen-bond acceptors (Lipinski definition) is 6. The Kier molecular flexibility index (Phi) is 6.66. The minimum absolute atomic E-state index is 0.00667. The number of amides is 1. The Morgan fingerprint density at radius 3 is 2.58 bits per heavy atom. The molecule has 0 spiro atoms. The van der Waals surface area contributed by atoms with Crippen LogP contribution in [0.4, 0.5) is 0 Å². The first-order valence-corrected chi connectivity index (χ1v) is 12.0. The molecule has 0 saturated carbocycles. The van der Waals surface area contributed by atoms with E-state index in [1.807, 2.05) is 30.3 Å². The molecule has 1 aromatic carbocycles. The summed E-state index contributed by atoms with van der Waals surface area (Å²) in [5, 5.41) is -0.0262. The van der Waals surface area contributed by atoms with Gasteiger partial charge in [0.2, 0.25) is 5.91 Å². The number of nitrogens with zero attached hydrogens (tertiary/aromatic N) is 3. The van der Waals surface area contributed by atoms with Gasteiger partial charge in [0.25, 0.3) is 10.0 Å². The molecule has 8 nitrogen and oxygen atoms in total. The molecule has 2 atom stereocenters. The molecule has 3 heterocycles. The molecular formula is C22H28N4O4S. The molecule has 0 unspecified atom stereocenters. The third-order valence-corrected chi connectivity index (χ3v) is 7.73. The summed E-state index contributed by atoms with van der Waals surface area (Å²) in [6, 6.07) is 13.0. The van der Waals surface area contributed by atoms with E-state index in [0.717, 1.165) is 5.56 Å². The van der Waals surface area contributed by atoms with Gasteiger partial charge in [-0.05, 0) is 35.6 Å². The van der Waals surface area contributed by atoms with Crippen LogP contribution in [0.25, 0.3) is 0 Å². The van der Waals surface area contributed by atoms with Crippen molar-refractivity contribution in [1.82, 2.24) is 14.2 Å². The van der Waals surface area contributed by atoms with Crippen LogP contribution in [0.5, 0.6) is 0 Å². The number of rotatable bonds is 5. The molecule has 2 fully saturated rings. The van der Waals surface area contributed by atoms with Crippen LogP contribution in [0.3, 0.4) is 0 Å². The summed E-state index contributed by atoms with van der Waals surface area (Å²) in [7, 11) is -3.86. The van der Waals surface area contributed by atoms with Crippen molar-refractivity contribution in [3.63, 3.8) is 0 Å². The van der Waals surface area contributed by atoms with Gasteiger partial charge in [-0.2, -0.15) is 4.31 Å². The van der Waals surface area contributed by atoms with Gasteiger partial charge in [0.1, 0.15) is 0 Å². The van der Waals surface area contributed by atoms with Crippen LogP contribution in [0.1, 0.15) is 23.5 Å². The van der Waals surface area contributed by atoms with Crippen LogP contribution in [0, 0.1) is 5.92 Å². The molecule has 4 rings (SSSR count). The number of morpholine rings is 1. The number of sulfonamides is 1. The molecule has 2 aromatic rings. The van der Waals surface area contributed by atoms with Gasteiger partial charge in [-0.3, -0.25) is 4.79 Å². The van der Waals surface area contributed by atoms with E-state index < -0.39 is 15.9 Å². The van der Waals surface area contributed by atoms with Gasteiger partial charge >= 0.3 is 0 Å². The van der Waals surface area contributed by atoms with Crippen molar-refractivity contribution < 1.29 is 17.9 Å². The number of carbonyl (C=O) groups excluding carboxylic acids is 1. The minimum Gasteiger partial charge on any atom is -0.378 e. The Bertz CT molecular complexity index is 1010. The average molecular weight is 445 g/mol. The van der Waals surface area contributed by atoms with Crippen molar-refractivity contribution in [3.05, 3.63) is 59.8 Å². The summed E-state index contributed by atoms with van der Waals surface area (Å²) >= 11 is 0. The van der Waals surface area contributed by atoms with Crippen molar-refractivity contribution in [1.29, 1.82) is 0 Å². The van der Waals surface area contributed by atoms with Crippen LogP contribution in [-0.2, 0) is 26.1 Å². The number of hydrogen-bond donors (Lipinski definition) is 1. The maximum Gasteiger partial charge on any atom is 0.260 e. The molecule has 2 aliphatic rings. The lowest BCUT2D eigenvalue weighted by Gasteiger charge is -2.39. The predicted octanol–water partition coefficient (Wildman–Crippen LogP) is 1.19. The van der Waals surface area contributed by atoms with Gasteiger partial charge in [0.05, 0.1) is 19.1 Å². The van der Waals surface area contributed by atoms with E-state index in [2.05, 4.69) is 4.98 Å². The Balaban J connectivity index is 1.64. The summed E-state index contributed by atoms with van der Waals surface area (Å²) in [5.74, 6) is -0.491. The Morgan fingerprint density at radius 2 is 1.87 bits per heavy atom. The number of carbonyl (C=O) groups is 1. The molecule has 0 radical (unpaired) electrons. The van der Waals surface area contributed by atoms with Gasteiger partial charge in [-0.25, -0.2) is 13.4 Å². The fraction of sp³-hybridized carbons (Fsp3) is 0.455. The standard InChI is InChI=1S/C22H28N4O4S/c23-14-17-6-7-24-21(12-17)31(28,29)26-15-19(18-4-2-1-3-5-18)13-20(16-26)22(27)25-8-10-30-11-9-25/h1-7,12,19-20H,8-11,13-16,23H2/t19-,20+/m1/s1. The SMILES string of the molecule is NCc1ccnc(S(=O)(=O)N2C[C@@H](C(=O)N3CCOCC3)C[C@@H](c3ccccc3)C2)c1. The maximum absolute atomic E-state index is 13.5. The van der Waals surface area contributed by atoms with Crippen molar-refractivity contribution in [2.45, 2.75) is 23.9 Å². The molecule has 1 aromatic heterocycles. The van der Waals surface area contributed by atoms with Crippen LogP contribution in [0.2, 0.25) is 0 Å². The molecule has 0 bridgehead atoms. The van der Waals surface area contributed by atoms with Gasteiger partial charge < -0.3 is 15.4 Å². The highest BCUT2D eigenvalue weighted by Crippen LogP contribution is 2.34. The highest BCUT2D eigenvalue weighted by Gasteiger charge is 2.40. The maximum atomic E-state index is 13.5. The molecule has 31 heavy (non-hydrogen) atoms. The molecule has 2 N–H and O–H groups in total. The highest BCUT2D eigenvalue weighted by molar-refractivity contribution is 7.89. The number of aromatic nitrogens is 1. The Labute approximate surface area is 183 Å². The number of nitrogens with two attached hydrogens (primary N) is 1. The first kappa shape index (κ1) is 21.9. The zero-order chi connectivity index (χ0) is 21.8. The van der Waals surface area contributed by atoms with E-state index in [1.165, 1.54) is 16.6 Å². The number of ether oxygens (including phenoxy) is 1. The minimum atomic E-state index is -3.86. The fourth-order valence-corrected chi connectivity index (χ4v) is 5.80. The monoisotopic (exact) mass is 444 g/mol. The largest absolute Gasteiger partial charge is 0.378 e. The van der Waals surface area contributed by atoms with Crippen LogP contribution in [-0.4, -0.2) is 67.9 Å². The van der Waals surface area contributed by atoms with Gasteiger partial charge in [0.15, 0.2) is 5.03 Å². The van der Waals surface area contributed by atoms with Crippen molar-refractivity contribution in [2.75, 3.05) is 39.4 Å². The Hall–Kier alpha value is -2.33. The number of pyridine rings is 1. The molecule has 0 aliphatic carbocycles. The van der Waals surface area contributed by atoms with Gasteiger partial charge in [-0.15, -0.1) is 0 Å². The second kappa shape index (κ2) is 9.44. The van der Waals surface area contributed by atoms with Crippen molar-refractivity contribution in [3.8, 4) is 0 Å². The summed E-state index contributed by atoms with van der Waals surface area (Å²) < 4.78 is 33.7. The third kappa shape index (κ3) is 4.79. The van der Waals surface area contributed by atoms with E-state index >= 15 is 0 Å². The lowest BCUT2D eigenvalue weighted by atomic mass is 9.85. The van der Waals surface area contributed by atoms with E-state index in [9.17, 15) is 13.2 Å². The molecule has 9 heteroatoms. The normalized spacial score (nSPS) is 22.9. The smallest absolute Gasteiger partial charge is 0.260 e. The zero-order valence-electron chi connectivity index (χ0n) is 17.4. The molecule has 166 valence electrons. The Morgan fingerprint density at radius 1 is 1.13 bits per heavy atom.